The van der Waals surface area contributed by atoms with Crippen molar-refractivity contribution in [2.75, 3.05) is 52.3 Å². The highest BCUT2D eigenvalue weighted by Crippen LogP contribution is 2.30. The monoisotopic (exact) mass is 454 g/mol. The van der Waals surface area contributed by atoms with Crippen molar-refractivity contribution in [3.05, 3.63) is 48.5 Å². The van der Waals surface area contributed by atoms with Gasteiger partial charge in [-0.3, -0.25) is 9.47 Å². The maximum Gasteiger partial charge on any atom is 0.196 e. The Hall–Kier alpha value is -2.55. The quantitative estimate of drug-likeness (QED) is 0.337. The molecule has 1 aliphatic rings. The van der Waals surface area contributed by atoms with Gasteiger partial charge in [-0.2, -0.15) is 0 Å². The van der Waals surface area contributed by atoms with Crippen LogP contribution >= 0.6 is 11.8 Å². The van der Waals surface area contributed by atoms with Crippen LogP contribution in [0.25, 0.3) is 17.1 Å². The highest BCUT2D eigenvalue weighted by atomic mass is 32.2. The molecule has 0 spiro atoms. The summed E-state index contributed by atoms with van der Waals surface area (Å²) in [4.78, 5) is 2.46. The molecule has 170 valence electrons. The average molecular weight is 455 g/mol. The van der Waals surface area contributed by atoms with E-state index < -0.39 is 0 Å². The van der Waals surface area contributed by atoms with Crippen LogP contribution in [0.5, 0.6) is 11.5 Å². The molecule has 0 unspecified atom stereocenters. The van der Waals surface area contributed by atoms with Gasteiger partial charge in [-0.25, -0.2) is 0 Å². The fraction of sp³-hybridized carbons (Fsp3) is 0.417. The standard InChI is InChI=1S/C24H30N4O3S/c1-3-31-21-10-8-20(9-11-21)28-23(19-6-4-7-22(18-19)29-2)25-26-24(28)32-17-5-12-27-13-15-30-16-14-27/h4,6-11,18H,3,5,12-17H2,1-2H3. The van der Waals surface area contributed by atoms with E-state index in [0.717, 1.165) is 78.8 Å². The molecule has 2 aromatic carbocycles. The van der Waals surface area contributed by atoms with E-state index >= 15 is 0 Å². The van der Waals surface area contributed by atoms with Crippen LogP contribution in [0.15, 0.2) is 53.7 Å². The summed E-state index contributed by atoms with van der Waals surface area (Å²) in [5, 5.41) is 9.96. The lowest BCUT2D eigenvalue weighted by Gasteiger charge is -2.26. The zero-order valence-electron chi connectivity index (χ0n) is 18.7. The number of thioether (sulfide) groups is 1. The summed E-state index contributed by atoms with van der Waals surface area (Å²) in [7, 11) is 1.67. The van der Waals surface area contributed by atoms with Crippen LogP contribution in [0.1, 0.15) is 13.3 Å². The van der Waals surface area contributed by atoms with Crippen LogP contribution < -0.4 is 9.47 Å². The minimum absolute atomic E-state index is 0.644. The van der Waals surface area contributed by atoms with Gasteiger partial charge in [0.2, 0.25) is 0 Å². The minimum atomic E-state index is 0.644. The molecule has 1 saturated heterocycles. The van der Waals surface area contributed by atoms with Crippen molar-refractivity contribution < 1.29 is 14.2 Å². The molecule has 1 aromatic heterocycles. The van der Waals surface area contributed by atoms with E-state index in [2.05, 4.69) is 31.8 Å². The Morgan fingerprint density at radius 2 is 1.84 bits per heavy atom. The van der Waals surface area contributed by atoms with Crippen molar-refractivity contribution in [1.82, 2.24) is 19.7 Å². The number of ether oxygens (including phenoxy) is 3. The summed E-state index contributed by atoms with van der Waals surface area (Å²) < 4.78 is 18.6. The van der Waals surface area contributed by atoms with E-state index in [-0.39, 0.29) is 0 Å². The Bertz CT molecular complexity index is 987. The topological polar surface area (TPSA) is 61.6 Å². The van der Waals surface area contributed by atoms with Gasteiger partial charge in [0.05, 0.1) is 26.9 Å². The third kappa shape index (κ3) is 5.62. The number of nitrogens with zero attached hydrogens (tertiary/aromatic N) is 4. The Balaban J connectivity index is 1.55. The molecule has 0 radical (unpaired) electrons. The fourth-order valence-corrected chi connectivity index (χ4v) is 4.56. The van der Waals surface area contributed by atoms with Crippen LogP contribution in [-0.4, -0.2) is 72.0 Å². The second-order valence-electron chi connectivity index (χ2n) is 7.46. The maximum absolute atomic E-state index is 5.61. The molecule has 0 saturated carbocycles. The Labute approximate surface area is 193 Å². The molecule has 4 rings (SSSR count). The molecule has 8 heteroatoms. The molecule has 0 bridgehead atoms. The lowest BCUT2D eigenvalue weighted by molar-refractivity contribution is 0.0381. The summed E-state index contributed by atoms with van der Waals surface area (Å²) in [6.45, 7) is 7.42. The normalized spacial score (nSPS) is 14.4. The molecule has 0 atom stereocenters. The Morgan fingerprint density at radius 3 is 2.59 bits per heavy atom. The molecule has 7 nitrogen and oxygen atoms in total. The fourth-order valence-electron chi connectivity index (χ4n) is 3.68. The van der Waals surface area contributed by atoms with E-state index in [1.54, 1.807) is 18.9 Å². The zero-order valence-corrected chi connectivity index (χ0v) is 19.5. The second kappa shape index (κ2) is 11.4. The summed E-state index contributed by atoms with van der Waals surface area (Å²) >= 11 is 1.74. The van der Waals surface area contributed by atoms with Crippen LogP contribution in [0.4, 0.5) is 0 Å². The molecule has 3 aromatic rings. The maximum atomic E-state index is 5.61. The zero-order chi connectivity index (χ0) is 22.2. The second-order valence-corrected chi connectivity index (χ2v) is 8.52. The SMILES string of the molecule is CCOc1ccc(-n2c(SCCCN3CCOCC3)nnc2-c2cccc(OC)c2)cc1. The third-order valence-corrected chi connectivity index (χ3v) is 6.34. The first-order valence-electron chi connectivity index (χ1n) is 11.0. The number of hydrogen-bond acceptors (Lipinski definition) is 7. The number of aromatic nitrogens is 3. The molecule has 32 heavy (non-hydrogen) atoms. The lowest BCUT2D eigenvalue weighted by Crippen LogP contribution is -2.36. The molecule has 1 aliphatic heterocycles. The molecule has 0 amide bonds. The van der Waals surface area contributed by atoms with Gasteiger partial charge in [0.1, 0.15) is 11.5 Å². The first-order chi connectivity index (χ1) is 15.8. The van der Waals surface area contributed by atoms with E-state index in [1.165, 1.54) is 0 Å². The minimum Gasteiger partial charge on any atom is -0.497 e. The van der Waals surface area contributed by atoms with Gasteiger partial charge in [0.25, 0.3) is 0 Å². The molecule has 0 aliphatic carbocycles. The van der Waals surface area contributed by atoms with Gasteiger partial charge in [-0.1, -0.05) is 23.9 Å². The number of methoxy groups -OCH3 is 1. The van der Waals surface area contributed by atoms with Crippen molar-refractivity contribution in [3.8, 4) is 28.6 Å². The predicted molar refractivity (Wildman–Crippen MR) is 127 cm³/mol. The average Bonchev–Trinajstić information content (AvgIpc) is 3.27. The molecule has 2 heterocycles. The van der Waals surface area contributed by atoms with Crippen LogP contribution in [-0.2, 0) is 4.74 Å². The largest absolute Gasteiger partial charge is 0.497 e. The number of hydrogen-bond donors (Lipinski definition) is 0. The summed E-state index contributed by atoms with van der Waals surface area (Å²) in [6.07, 6.45) is 1.09. The van der Waals surface area contributed by atoms with Crippen LogP contribution in [0.3, 0.4) is 0 Å². The molecule has 1 fully saturated rings. The van der Waals surface area contributed by atoms with Gasteiger partial charge in [0.15, 0.2) is 11.0 Å². The van der Waals surface area contributed by atoms with E-state index in [1.807, 2.05) is 43.3 Å². The van der Waals surface area contributed by atoms with Gasteiger partial charge >= 0.3 is 0 Å². The number of benzene rings is 2. The van der Waals surface area contributed by atoms with Gasteiger partial charge < -0.3 is 14.2 Å². The van der Waals surface area contributed by atoms with Crippen molar-refractivity contribution in [1.29, 1.82) is 0 Å². The first kappa shape index (κ1) is 22.6. The van der Waals surface area contributed by atoms with Crippen molar-refractivity contribution in [3.63, 3.8) is 0 Å². The molecule has 0 N–H and O–H groups in total. The first-order valence-corrected chi connectivity index (χ1v) is 12.0. The van der Waals surface area contributed by atoms with Crippen molar-refractivity contribution in [2.45, 2.75) is 18.5 Å². The van der Waals surface area contributed by atoms with E-state index in [9.17, 15) is 0 Å². The molecular weight excluding hydrogens is 424 g/mol. The predicted octanol–water partition coefficient (Wildman–Crippen LogP) is 4.16. The highest BCUT2D eigenvalue weighted by Gasteiger charge is 2.17. The van der Waals surface area contributed by atoms with Gasteiger partial charge in [-0.15, -0.1) is 10.2 Å². The van der Waals surface area contributed by atoms with Crippen molar-refractivity contribution in [2.24, 2.45) is 0 Å². The third-order valence-electron chi connectivity index (χ3n) is 5.32. The van der Waals surface area contributed by atoms with Crippen molar-refractivity contribution >= 4 is 11.8 Å². The summed E-state index contributed by atoms with van der Waals surface area (Å²) in [5.41, 5.74) is 1.97. The highest BCUT2D eigenvalue weighted by molar-refractivity contribution is 7.99. The Kier molecular flexibility index (Phi) is 8.03. The number of morpholine rings is 1. The van der Waals surface area contributed by atoms with Gasteiger partial charge in [-0.05, 0) is 56.3 Å². The Morgan fingerprint density at radius 1 is 1.03 bits per heavy atom. The summed E-state index contributed by atoms with van der Waals surface area (Å²) in [5.74, 6) is 3.42. The van der Waals surface area contributed by atoms with Crippen LogP contribution in [0.2, 0.25) is 0 Å². The smallest absolute Gasteiger partial charge is 0.196 e. The van der Waals surface area contributed by atoms with E-state index in [0.29, 0.717) is 6.61 Å². The van der Waals surface area contributed by atoms with Crippen LogP contribution in [0, 0.1) is 0 Å². The molecular formula is C24H30N4O3S. The summed E-state index contributed by atoms with van der Waals surface area (Å²) in [6, 6.07) is 16.0. The van der Waals surface area contributed by atoms with Gasteiger partial charge in [0, 0.05) is 30.1 Å². The van der Waals surface area contributed by atoms with E-state index in [4.69, 9.17) is 14.2 Å². The lowest BCUT2D eigenvalue weighted by atomic mass is 10.2. The number of rotatable bonds is 10.